The van der Waals surface area contributed by atoms with Crippen LogP contribution >= 0.6 is 27.7 Å². The van der Waals surface area contributed by atoms with Gasteiger partial charge in [0.1, 0.15) is 0 Å². The van der Waals surface area contributed by atoms with Crippen molar-refractivity contribution in [2.75, 3.05) is 5.32 Å². The van der Waals surface area contributed by atoms with Crippen molar-refractivity contribution in [2.24, 2.45) is 0 Å². The van der Waals surface area contributed by atoms with Crippen LogP contribution in [0, 0.1) is 0 Å². The van der Waals surface area contributed by atoms with Gasteiger partial charge in [-0.3, -0.25) is 0 Å². The minimum atomic E-state index is 0.288. The summed E-state index contributed by atoms with van der Waals surface area (Å²) in [5.74, 6) is 1.39. The lowest BCUT2D eigenvalue weighted by atomic mass is 10.4. The topological polar surface area (TPSA) is 51.0 Å². The van der Waals surface area contributed by atoms with E-state index in [1.807, 2.05) is 26.0 Å². The second-order valence-corrected chi connectivity index (χ2v) is 6.03. The average molecular weight is 328 g/mol. The summed E-state index contributed by atoms with van der Waals surface area (Å²) in [5, 5.41) is 7.00. The van der Waals surface area contributed by atoms with Gasteiger partial charge in [-0.1, -0.05) is 27.2 Å². The normalized spacial score (nSPS) is 10.9. The number of nitrogens with one attached hydrogen (secondary N) is 1. The van der Waals surface area contributed by atoms with Crippen LogP contribution < -0.4 is 5.32 Å². The highest BCUT2D eigenvalue weighted by atomic mass is 79.9. The van der Waals surface area contributed by atoms with Crippen molar-refractivity contribution < 1.29 is 4.52 Å². The summed E-state index contributed by atoms with van der Waals surface area (Å²) in [6.45, 7) is 4.06. The van der Waals surface area contributed by atoms with E-state index in [0.717, 1.165) is 4.47 Å². The van der Waals surface area contributed by atoms with E-state index < -0.39 is 0 Å². The number of aromatic nitrogens is 2. The third kappa shape index (κ3) is 4.03. The zero-order chi connectivity index (χ0) is 13.0. The number of benzene rings is 1. The number of halogens is 1. The number of nitrogens with zero attached hydrogens (tertiary/aromatic N) is 2. The second-order valence-electron chi connectivity index (χ2n) is 4.06. The summed E-state index contributed by atoms with van der Waals surface area (Å²) in [6, 6.07) is 8.91. The zero-order valence-electron chi connectivity index (χ0n) is 10.2. The van der Waals surface area contributed by atoms with Crippen LogP contribution in [0.4, 0.5) is 6.01 Å². The fraction of sp³-hybridized carbons (Fsp3) is 0.333. The molecule has 4 nitrogen and oxygen atoms in total. The van der Waals surface area contributed by atoms with Crippen molar-refractivity contribution >= 4 is 33.7 Å². The molecule has 0 spiro atoms. The maximum atomic E-state index is 5.09. The molecule has 0 aliphatic heterocycles. The SMILES string of the molecule is CC(C)Nc1nc(CSc2cccc(Br)c2)no1. The quantitative estimate of drug-likeness (QED) is 0.843. The van der Waals surface area contributed by atoms with Gasteiger partial charge >= 0.3 is 6.01 Å². The highest BCUT2D eigenvalue weighted by Gasteiger charge is 2.07. The van der Waals surface area contributed by atoms with Crippen molar-refractivity contribution in [2.45, 2.75) is 30.5 Å². The average Bonchev–Trinajstić information content (AvgIpc) is 2.73. The molecule has 18 heavy (non-hydrogen) atoms. The first-order valence-electron chi connectivity index (χ1n) is 5.61. The Morgan fingerprint density at radius 1 is 1.44 bits per heavy atom. The molecule has 1 heterocycles. The Labute approximate surface area is 119 Å². The third-order valence-electron chi connectivity index (χ3n) is 2.04. The molecular formula is C12H14BrN3OS. The molecule has 2 rings (SSSR count). The van der Waals surface area contributed by atoms with Gasteiger partial charge in [0.25, 0.3) is 0 Å². The molecule has 1 N–H and O–H groups in total. The van der Waals surface area contributed by atoms with Gasteiger partial charge in [0, 0.05) is 15.4 Å². The molecular weight excluding hydrogens is 314 g/mol. The van der Waals surface area contributed by atoms with Gasteiger partial charge in [0.2, 0.25) is 0 Å². The van der Waals surface area contributed by atoms with E-state index in [2.05, 4.69) is 43.5 Å². The van der Waals surface area contributed by atoms with Gasteiger partial charge < -0.3 is 9.84 Å². The largest absolute Gasteiger partial charge is 0.336 e. The van der Waals surface area contributed by atoms with Gasteiger partial charge in [0.05, 0.1) is 5.75 Å². The number of anilines is 1. The van der Waals surface area contributed by atoms with Crippen LogP contribution in [0.1, 0.15) is 19.7 Å². The first-order valence-corrected chi connectivity index (χ1v) is 7.39. The molecule has 1 aromatic carbocycles. The molecule has 0 unspecified atom stereocenters. The predicted molar refractivity (Wildman–Crippen MR) is 76.8 cm³/mol. The van der Waals surface area contributed by atoms with E-state index in [1.165, 1.54) is 4.90 Å². The molecule has 0 atom stereocenters. The van der Waals surface area contributed by atoms with Gasteiger partial charge in [-0.25, -0.2) is 0 Å². The van der Waals surface area contributed by atoms with Gasteiger partial charge in [-0.2, -0.15) is 4.98 Å². The Morgan fingerprint density at radius 2 is 2.28 bits per heavy atom. The maximum Gasteiger partial charge on any atom is 0.321 e. The molecule has 96 valence electrons. The molecule has 6 heteroatoms. The minimum absolute atomic E-state index is 0.288. The highest BCUT2D eigenvalue weighted by molar-refractivity contribution is 9.10. The van der Waals surface area contributed by atoms with Gasteiger partial charge in [-0.05, 0) is 32.0 Å². The fourth-order valence-corrected chi connectivity index (χ4v) is 2.67. The summed E-state index contributed by atoms with van der Waals surface area (Å²) in [5.41, 5.74) is 0. The molecule has 1 aromatic heterocycles. The van der Waals surface area contributed by atoms with Crippen molar-refractivity contribution in [1.82, 2.24) is 10.1 Å². The summed E-state index contributed by atoms with van der Waals surface area (Å²) in [6.07, 6.45) is 0. The van der Waals surface area contributed by atoms with Crippen molar-refractivity contribution in [3.63, 3.8) is 0 Å². The van der Waals surface area contributed by atoms with Crippen LogP contribution in [0.2, 0.25) is 0 Å². The fourth-order valence-electron chi connectivity index (χ4n) is 1.32. The molecule has 0 amide bonds. The first-order chi connectivity index (χ1) is 8.63. The van der Waals surface area contributed by atoms with Crippen LogP contribution in [0.25, 0.3) is 0 Å². The summed E-state index contributed by atoms with van der Waals surface area (Å²) < 4.78 is 6.16. The monoisotopic (exact) mass is 327 g/mol. The Hall–Kier alpha value is -1.01. The molecule has 0 bridgehead atoms. The molecule has 0 fully saturated rings. The van der Waals surface area contributed by atoms with Crippen LogP contribution in [0.5, 0.6) is 0 Å². The van der Waals surface area contributed by atoms with E-state index in [-0.39, 0.29) is 6.04 Å². The molecule has 0 saturated carbocycles. The second kappa shape index (κ2) is 6.24. The Bertz CT molecular complexity index is 516. The Kier molecular flexibility index (Phi) is 4.66. The molecule has 0 aliphatic rings. The zero-order valence-corrected chi connectivity index (χ0v) is 12.6. The van der Waals surface area contributed by atoms with Crippen molar-refractivity contribution in [1.29, 1.82) is 0 Å². The molecule has 0 radical (unpaired) electrons. The van der Waals surface area contributed by atoms with E-state index >= 15 is 0 Å². The van der Waals surface area contributed by atoms with Crippen molar-refractivity contribution in [3.05, 3.63) is 34.6 Å². The molecule has 0 saturated heterocycles. The van der Waals surface area contributed by atoms with Crippen LogP contribution in [0.3, 0.4) is 0 Å². The van der Waals surface area contributed by atoms with E-state index in [4.69, 9.17) is 4.52 Å². The summed E-state index contributed by atoms with van der Waals surface area (Å²) in [4.78, 5) is 5.44. The highest BCUT2D eigenvalue weighted by Crippen LogP contribution is 2.24. The number of hydrogen-bond acceptors (Lipinski definition) is 5. The lowest BCUT2D eigenvalue weighted by Crippen LogP contribution is -2.09. The van der Waals surface area contributed by atoms with Gasteiger partial charge in [-0.15, -0.1) is 11.8 Å². The summed E-state index contributed by atoms with van der Waals surface area (Å²) >= 11 is 5.12. The minimum Gasteiger partial charge on any atom is -0.336 e. The Morgan fingerprint density at radius 3 is 3.00 bits per heavy atom. The van der Waals surface area contributed by atoms with E-state index in [9.17, 15) is 0 Å². The number of rotatable bonds is 5. The number of hydrogen-bond donors (Lipinski definition) is 1. The lowest BCUT2D eigenvalue weighted by molar-refractivity contribution is 0.422. The van der Waals surface area contributed by atoms with E-state index in [1.54, 1.807) is 11.8 Å². The molecule has 2 aromatic rings. The van der Waals surface area contributed by atoms with Crippen LogP contribution in [0.15, 0.2) is 38.2 Å². The van der Waals surface area contributed by atoms with Crippen LogP contribution in [-0.4, -0.2) is 16.2 Å². The maximum absolute atomic E-state index is 5.09. The van der Waals surface area contributed by atoms with E-state index in [0.29, 0.717) is 17.6 Å². The van der Waals surface area contributed by atoms with Crippen LogP contribution in [-0.2, 0) is 5.75 Å². The first kappa shape index (κ1) is 13.4. The summed E-state index contributed by atoms with van der Waals surface area (Å²) in [7, 11) is 0. The predicted octanol–water partition coefficient (Wildman–Crippen LogP) is 3.94. The number of thioether (sulfide) groups is 1. The Balaban J connectivity index is 1.92. The van der Waals surface area contributed by atoms with Crippen molar-refractivity contribution in [3.8, 4) is 0 Å². The third-order valence-corrected chi connectivity index (χ3v) is 3.53. The lowest BCUT2D eigenvalue weighted by Gasteiger charge is -2.01. The smallest absolute Gasteiger partial charge is 0.321 e. The molecule has 0 aliphatic carbocycles. The van der Waals surface area contributed by atoms with Gasteiger partial charge in [0.15, 0.2) is 5.82 Å². The standard InChI is InChI=1S/C12H14BrN3OS/c1-8(2)14-12-15-11(16-17-12)7-18-10-5-3-4-9(13)6-10/h3-6,8H,7H2,1-2H3,(H,14,15,16).